The lowest BCUT2D eigenvalue weighted by molar-refractivity contribution is -0.138. The predicted octanol–water partition coefficient (Wildman–Crippen LogP) is 3.65. The SMILES string of the molecule is CCC(CC)(OC)C(=O)C1=CCCCCC1. The third-order valence-corrected chi connectivity index (χ3v) is 3.78. The van der Waals surface area contributed by atoms with Gasteiger partial charge >= 0.3 is 0 Å². The Morgan fingerprint density at radius 3 is 2.56 bits per heavy atom. The standard InChI is InChI=1S/C14H24O2/c1-4-14(5-2,16-3)13(15)12-10-8-6-7-9-11-12/h10H,4-9,11H2,1-3H3. The van der Waals surface area contributed by atoms with Crippen LogP contribution in [-0.2, 0) is 9.53 Å². The lowest BCUT2D eigenvalue weighted by Gasteiger charge is -2.29. The molecule has 0 spiro atoms. The molecule has 2 nitrogen and oxygen atoms in total. The number of Topliss-reactive ketones (excluding diaryl/α,β-unsaturated/α-hetero) is 1. The molecule has 0 aromatic rings. The van der Waals surface area contributed by atoms with Gasteiger partial charge < -0.3 is 4.74 Å². The number of allylic oxidation sites excluding steroid dienone is 1. The molecule has 0 aromatic carbocycles. The van der Waals surface area contributed by atoms with Gasteiger partial charge in [-0.1, -0.05) is 26.3 Å². The number of carbonyl (C=O) groups excluding carboxylic acids is 1. The second-order valence-corrected chi connectivity index (χ2v) is 4.56. The van der Waals surface area contributed by atoms with Crippen LogP contribution in [0.2, 0.25) is 0 Å². The van der Waals surface area contributed by atoms with Gasteiger partial charge in [0.1, 0.15) is 5.60 Å². The summed E-state index contributed by atoms with van der Waals surface area (Å²) in [7, 11) is 1.65. The fourth-order valence-electron chi connectivity index (χ4n) is 2.47. The van der Waals surface area contributed by atoms with Crippen LogP contribution in [0.25, 0.3) is 0 Å². The molecule has 0 saturated carbocycles. The van der Waals surface area contributed by atoms with Crippen molar-refractivity contribution in [3.05, 3.63) is 11.6 Å². The van der Waals surface area contributed by atoms with Gasteiger partial charge in [-0.25, -0.2) is 0 Å². The Morgan fingerprint density at radius 2 is 2.00 bits per heavy atom. The fraction of sp³-hybridized carbons (Fsp3) is 0.786. The number of methoxy groups -OCH3 is 1. The van der Waals surface area contributed by atoms with Crippen molar-refractivity contribution in [2.45, 2.75) is 64.4 Å². The van der Waals surface area contributed by atoms with Crippen LogP contribution >= 0.6 is 0 Å². The Hall–Kier alpha value is -0.630. The van der Waals surface area contributed by atoms with E-state index in [1.165, 1.54) is 12.8 Å². The van der Waals surface area contributed by atoms with Gasteiger partial charge in [-0.15, -0.1) is 0 Å². The van der Waals surface area contributed by atoms with Gasteiger partial charge in [0.15, 0.2) is 5.78 Å². The van der Waals surface area contributed by atoms with Gasteiger partial charge in [0, 0.05) is 7.11 Å². The molecule has 0 bridgehead atoms. The highest BCUT2D eigenvalue weighted by atomic mass is 16.5. The van der Waals surface area contributed by atoms with E-state index in [0.29, 0.717) is 0 Å². The van der Waals surface area contributed by atoms with E-state index in [1.807, 2.05) is 13.8 Å². The summed E-state index contributed by atoms with van der Waals surface area (Å²) >= 11 is 0. The lowest BCUT2D eigenvalue weighted by atomic mass is 9.86. The van der Waals surface area contributed by atoms with Crippen LogP contribution < -0.4 is 0 Å². The van der Waals surface area contributed by atoms with Crippen molar-refractivity contribution in [3.8, 4) is 0 Å². The highest BCUT2D eigenvalue weighted by molar-refractivity contribution is 6.01. The van der Waals surface area contributed by atoms with E-state index in [2.05, 4.69) is 6.08 Å². The maximum atomic E-state index is 12.5. The molecule has 0 aromatic heterocycles. The number of carbonyl (C=O) groups is 1. The Labute approximate surface area is 99.1 Å². The maximum Gasteiger partial charge on any atom is 0.190 e. The smallest absolute Gasteiger partial charge is 0.190 e. The molecule has 0 unspecified atom stereocenters. The van der Waals surface area contributed by atoms with E-state index in [-0.39, 0.29) is 5.78 Å². The van der Waals surface area contributed by atoms with E-state index in [9.17, 15) is 4.79 Å². The van der Waals surface area contributed by atoms with E-state index >= 15 is 0 Å². The van der Waals surface area contributed by atoms with Crippen LogP contribution in [0.5, 0.6) is 0 Å². The summed E-state index contributed by atoms with van der Waals surface area (Å²) in [5.74, 6) is 0.224. The zero-order valence-electron chi connectivity index (χ0n) is 10.8. The topological polar surface area (TPSA) is 26.3 Å². The Kier molecular flexibility index (Phi) is 5.20. The number of rotatable bonds is 5. The third-order valence-electron chi connectivity index (χ3n) is 3.78. The quantitative estimate of drug-likeness (QED) is 0.712. The number of hydrogen-bond acceptors (Lipinski definition) is 2. The molecule has 16 heavy (non-hydrogen) atoms. The largest absolute Gasteiger partial charge is 0.370 e. The van der Waals surface area contributed by atoms with E-state index < -0.39 is 5.60 Å². The predicted molar refractivity (Wildman–Crippen MR) is 66.5 cm³/mol. The molecule has 0 fully saturated rings. The van der Waals surface area contributed by atoms with Crippen LogP contribution in [-0.4, -0.2) is 18.5 Å². The monoisotopic (exact) mass is 224 g/mol. The summed E-state index contributed by atoms with van der Waals surface area (Å²) in [6, 6.07) is 0. The molecule has 0 aliphatic heterocycles. The van der Waals surface area contributed by atoms with Crippen molar-refractivity contribution in [2.75, 3.05) is 7.11 Å². The van der Waals surface area contributed by atoms with E-state index in [0.717, 1.165) is 37.7 Å². The zero-order chi connectivity index (χ0) is 12.0. The molecule has 92 valence electrons. The summed E-state index contributed by atoms with van der Waals surface area (Å²) in [5.41, 5.74) is 0.430. The highest BCUT2D eigenvalue weighted by Gasteiger charge is 2.36. The number of ether oxygens (including phenoxy) is 1. The van der Waals surface area contributed by atoms with Gasteiger partial charge in [-0.3, -0.25) is 4.79 Å². The van der Waals surface area contributed by atoms with Crippen molar-refractivity contribution in [3.63, 3.8) is 0 Å². The lowest BCUT2D eigenvalue weighted by Crippen LogP contribution is -2.40. The van der Waals surface area contributed by atoms with Crippen molar-refractivity contribution < 1.29 is 9.53 Å². The Morgan fingerprint density at radius 1 is 1.31 bits per heavy atom. The minimum absolute atomic E-state index is 0.224. The fourth-order valence-corrected chi connectivity index (χ4v) is 2.47. The van der Waals surface area contributed by atoms with Crippen LogP contribution in [0.15, 0.2) is 11.6 Å². The first kappa shape index (κ1) is 13.4. The second-order valence-electron chi connectivity index (χ2n) is 4.56. The molecule has 0 N–H and O–H groups in total. The van der Waals surface area contributed by atoms with E-state index in [4.69, 9.17) is 4.74 Å². The molecule has 0 heterocycles. The van der Waals surface area contributed by atoms with Crippen LogP contribution in [0.3, 0.4) is 0 Å². The minimum atomic E-state index is -0.573. The molecule has 1 rings (SSSR count). The maximum absolute atomic E-state index is 12.5. The van der Waals surface area contributed by atoms with Crippen LogP contribution in [0.4, 0.5) is 0 Å². The molecule has 1 aliphatic rings. The van der Waals surface area contributed by atoms with Crippen molar-refractivity contribution in [2.24, 2.45) is 0 Å². The molecular weight excluding hydrogens is 200 g/mol. The summed E-state index contributed by atoms with van der Waals surface area (Å²) in [6.45, 7) is 4.06. The minimum Gasteiger partial charge on any atom is -0.370 e. The summed E-state index contributed by atoms with van der Waals surface area (Å²) < 4.78 is 5.50. The number of hydrogen-bond donors (Lipinski definition) is 0. The van der Waals surface area contributed by atoms with Gasteiger partial charge in [-0.2, -0.15) is 0 Å². The summed E-state index contributed by atoms with van der Waals surface area (Å²) in [4.78, 5) is 12.5. The first-order valence-electron chi connectivity index (χ1n) is 6.49. The van der Waals surface area contributed by atoms with Gasteiger partial charge in [0.25, 0.3) is 0 Å². The Balaban J connectivity index is 2.84. The highest BCUT2D eigenvalue weighted by Crippen LogP contribution is 2.28. The van der Waals surface area contributed by atoms with Gasteiger partial charge in [0.05, 0.1) is 0 Å². The first-order chi connectivity index (χ1) is 7.70. The Bertz CT molecular complexity index is 254. The first-order valence-corrected chi connectivity index (χ1v) is 6.49. The molecule has 0 atom stereocenters. The normalized spacial score (nSPS) is 17.8. The third kappa shape index (κ3) is 2.73. The molecule has 2 heteroatoms. The average molecular weight is 224 g/mol. The summed E-state index contributed by atoms with van der Waals surface area (Å²) in [6.07, 6.45) is 9.24. The van der Waals surface area contributed by atoms with Crippen LogP contribution in [0, 0.1) is 0 Å². The molecule has 1 aliphatic carbocycles. The van der Waals surface area contributed by atoms with Crippen LogP contribution in [0.1, 0.15) is 58.8 Å². The second kappa shape index (κ2) is 6.19. The molecular formula is C14H24O2. The van der Waals surface area contributed by atoms with Crippen molar-refractivity contribution in [1.29, 1.82) is 0 Å². The number of ketones is 1. The molecule has 0 radical (unpaired) electrons. The summed E-state index contributed by atoms with van der Waals surface area (Å²) in [5, 5.41) is 0. The zero-order valence-corrected chi connectivity index (χ0v) is 10.8. The molecule has 0 amide bonds. The van der Waals surface area contributed by atoms with Crippen molar-refractivity contribution >= 4 is 5.78 Å². The van der Waals surface area contributed by atoms with Gasteiger partial charge in [-0.05, 0) is 44.1 Å². The van der Waals surface area contributed by atoms with Gasteiger partial charge in [0.2, 0.25) is 0 Å². The average Bonchev–Trinajstić information content (AvgIpc) is 2.60. The van der Waals surface area contributed by atoms with E-state index in [1.54, 1.807) is 7.11 Å². The van der Waals surface area contributed by atoms with Crippen molar-refractivity contribution in [1.82, 2.24) is 0 Å². The molecule has 0 saturated heterocycles.